The van der Waals surface area contributed by atoms with Crippen molar-refractivity contribution in [1.82, 2.24) is 10.2 Å². The van der Waals surface area contributed by atoms with E-state index in [4.69, 9.17) is 10.5 Å². The standard InChI is InChI=1S/C33H59N3O2/c1-23(2)8-7-9-24(3)28-12-13-29-27-11-10-25-22-26(38-31(37)35-19-21-36(6)20-18-34)14-16-32(25,4)30(27)15-17-33(28,29)5/h10,23-24,26-30H,7-9,11-22,34H2,1-6H3,(H,35,37)/t24-,26+,27+,28-,29?,30+,32+,33-/m1/s1. The number of likely N-dealkylation sites (N-methyl/N-ethyl adjacent to an activating group) is 1. The van der Waals surface area contributed by atoms with E-state index in [9.17, 15) is 4.79 Å². The number of carbonyl (C=O) groups excluding carboxylic acids is 1. The Hall–Kier alpha value is -1.07. The first-order valence-corrected chi connectivity index (χ1v) is 16.1. The van der Waals surface area contributed by atoms with E-state index in [0.29, 0.717) is 23.9 Å². The molecule has 0 heterocycles. The zero-order valence-corrected chi connectivity index (χ0v) is 25.6. The van der Waals surface area contributed by atoms with Gasteiger partial charge >= 0.3 is 6.09 Å². The van der Waals surface area contributed by atoms with E-state index >= 15 is 0 Å². The summed E-state index contributed by atoms with van der Waals surface area (Å²) in [5.74, 6) is 5.16. The molecule has 0 spiro atoms. The zero-order valence-electron chi connectivity index (χ0n) is 25.6. The number of nitrogens with one attached hydrogen (secondary N) is 1. The van der Waals surface area contributed by atoms with Crippen molar-refractivity contribution >= 4 is 6.09 Å². The molecule has 3 saturated carbocycles. The van der Waals surface area contributed by atoms with E-state index in [2.05, 4.69) is 50.9 Å². The number of ether oxygens (including phenoxy) is 1. The highest BCUT2D eigenvalue weighted by Gasteiger charge is 2.59. The number of nitrogens with zero attached hydrogens (tertiary/aromatic N) is 1. The molecule has 0 saturated heterocycles. The quantitative estimate of drug-likeness (QED) is 0.282. The maximum absolute atomic E-state index is 12.5. The fourth-order valence-corrected chi connectivity index (χ4v) is 9.63. The fourth-order valence-electron chi connectivity index (χ4n) is 9.63. The number of fused-ring (bicyclic) bond motifs is 5. The first-order chi connectivity index (χ1) is 18.1. The zero-order chi connectivity index (χ0) is 27.5. The third-order valence-electron chi connectivity index (χ3n) is 11.8. The molecule has 0 bridgehead atoms. The van der Waals surface area contributed by atoms with Gasteiger partial charge in [0.2, 0.25) is 0 Å². The largest absolute Gasteiger partial charge is 0.446 e. The van der Waals surface area contributed by atoms with Gasteiger partial charge in [0.1, 0.15) is 6.10 Å². The number of rotatable bonds is 11. The van der Waals surface area contributed by atoms with Gasteiger partial charge in [0.25, 0.3) is 0 Å². The molecule has 0 aliphatic heterocycles. The molecule has 3 N–H and O–H groups in total. The van der Waals surface area contributed by atoms with Gasteiger partial charge in [0, 0.05) is 32.6 Å². The van der Waals surface area contributed by atoms with Crippen molar-refractivity contribution in [3.05, 3.63) is 11.6 Å². The summed E-state index contributed by atoms with van der Waals surface area (Å²) in [4.78, 5) is 14.6. The van der Waals surface area contributed by atoms with Gasteiger partial charge < -0.3 is 20.7 Å². The molecule has 0 aromatic heterocycles. The van der Waals surface area contributed by atoms with Crippen LogP contribution in [0.25, 0.3) is 0 Å². The van der Waals surface area contributed by atoms with Crippen LogP contribution in [0, 0.1) is 46.3 Å². The maximum atomic E-state index is 12.5. The predicted octanol–water partition coefficient (Wildman–Crippen LogP) is 7.01. The third-order valence-corrected chi connectivity index (χ3v) is 11.8. The Morgan fingerprint density at radius 1 is 1.11 bits per heavy atom. The monoisotopic (exact) mass is 529 g/mol. The van der Waals surface area contributed by atoms with Crippen molar-refractivity contribution in [2.24, 2.45) is 52.1 Å². The van der Waals surface area contributed by atoms with E-state index < -0.39 is 0 Å². The van der Waals surface area contributed by atoms with Gasteiger partial charge in [-0.3, -0.25) is 0 Å². The highest BCUT2D eigenvalue weighted by atomic mass is 16.6. The first-order valence-electron chi connectivity index (χ1n) is 16.1. The number of carbonyl (C=O) groups is 1. The molecule has 0 aromatic rings. The van der Waals surface area contributed by atoms with Crippen molar-refractivity contribution in [2.45, 2.75) is 111 Å². The third kappa shape index (κ3) is 6.29. The molecule has 4 aliphatic rings. The average Bonchev–Trinajstić information content (AvgIpc) is 3.21. The van der Waals surface area contributed by atoms with Gasteiger partial charge in [0.15, 0.2) is 0 Å². The molecule has 0 aromatic carbocycles. The molecular weight excluding hydrogens is 470 g/mol. The van der Waals surface area contributed by atoms with Crippen LogP contribution in [-0.4, -0.2) is 50.3 Å². The second kappa shape index (κ2) is 12.6. The lowest BCUT2D eigenvalue weighted by Crippen LogP contribution is -2.51. The van der Waals surface area contributed by atoms with Crippen LogP contribution in [0.4, 0.5) is 4.79 Å². The SMILES string of the molecule is CC(C)CCC[C@@H](C)[C@H]1CCC2[C@@H]3CC=C4C[C@@H](OC(=O)NCCN(C)CCN)CC[C@]4(C)[C@H]3CC[C@@]21C. The van der Waals surface area contributed by atoms with Crippen LogP contribution in [0.1, 0.15) is 105 Å². The van der Waals surface area contributed by atoms with E-state index in [0.717, 1.165) is 67.9 Å². The summed E-state index contributed by atoms with van der Waals surface area (Å²) in [6.45, 7) is 15.4. The molecule has 4 rings (SSSR count). The van der Waals surface area contributed by atoms with E-state index in [1.165, 1.54) is 51.4 Å². The first kappa shape index (κ1) is 29.9. The number of allylic oxidation sites excluding steroid dienone is 1. The molecule has 218 valence electrons. The number of alkyl carbamates (subject to hydrolysis) is 1. The lowest BCUT2D eigenvalue weighted by molar-refractivity contribution is -0.0581. The summed E-state index contributed by atoms with van der Waals surface area (Å²) in [5.41, 5.74) is 8.03. The Balaban J connectivity index is 1.33. The van der Waals surface area contributed by atoms with Crippen molar-refractivity contribution in [1.29, 1.82) is 0 Å². The summed E-state index contributed by atoms with van der Waals surface area (Å²) in [5, 5.41) is 2.94. The van der Waals surface area contributed by atoms with E-state index in [1.54, 1.807) is 5.57 Å². The molecule has 5 heteroatoms. The summed E-state index contributed by atoms with van der Waals surface area (Å²) >= 11 is 0. The lowest BCUT2D eigenvalue weighted by Gasteiger charge is -2.58. The van der Waals surface area contributed by atoms with Gasteiger partial charge in [-0.15, -0.1) is 0 Å². The molecule has 5 nitrogen and oxygen atoms in total. The molecule has 0 radical (unpaired) electrons. The fraction of sp³-hybridized carbons (Fsp3) is 0.909. The molecular formula is C33H59N3O2. The Labute approximate surface area is 234 Å². The minimum atomic E-state index is -0.262. The smallest absolute Gasteiger partial charge is 0.407 e. The second-order valence-electron chi connectivity index (χ2n) is 14.6. The van der Waals surface area contributed by atoms with Crippen LogP contribution in [0.5, 0.6) is 0 Å². The number of amides is 1. The highest BCUT2D eigenvalue weighted by Crippen LogP contribution is 2.67. The predicted molar refractivity (Wildman–Crippen MR) is 158 cm³/mol. The van der Waals surface area contributed by atoms with Crippen molar-refractivity contribution in [3.8, 4) is 0 Å². The van der Waals surface area contributed by atoms with Crippen LogP contribution in [0.2, 0.25) is 0 Å². The number of nitrogens with two attached hydrogens (primary N) is 1. The summed E-state index contributed by atoms with van der Waals surface area (Å²) < 4.78 is 5.90. The Morgan fingerprint density at radius 3 is 2.63 bits per heavy atom. The maximum Gasteiger partial charge on any atom is 0.407 e. The Bertz CT molecular complexity index is 827. The molecule has 38 heavy (non-hydrogen) atoms. The number of hydrogen-bond acceptors (Lipinski definition) is 4. The topological polar surface area (TPSA) is 67.6 Å². The Morgan fingerprint density at radius 2 is 1.89 bits per heavy atom. The van der Waals surface area contributed by atoms with E-state index in [-0.39, 0.29) is 12.2 Å². The minimum absolute atomic E-state index is 0.0176. The van der Waals surface area contributed by atoms with E-state index in [1.807, 2.05) is 7.05 Å². The highest BCUT2D eigenvalue weighted by molar-refractivity contribution is 5.67. The summed E-state index contributed by atoms with van der Waals surface area (Å²) in [6.07, 6.45) is 16.6. The van der Waals surface area contributed by atoms with Crippen molar-refractivity contribution in [3.63, 3.8) is 0 Å². The van der Waals surface area contributed by atoms with Crippen LogP contribution in [0.15, 0.2) is 11.6 Å². The molecule has 1 unspecified atom stereocenters. The van der Waals surface area contributed by atoms with Crippen LogP contribution >= 0.6 is 0 Å². The van der Waals surface area contributed by atoms with Gasteiger partial charge in [-0.2, -0.15) is 0 Å². The second-order valence-corrected chi connectivity index (χ2v) is 14.6. The van der Waals surface area contributed by atoms with Gasteiger partial charge in [0.05, 0.1) is 0 Å². The van der Waals surface area contributed by atoms with Crippen LogP contribution < -0.4 is 11.1 Å². The van der Waals surface area contributed by atoms with Crippen molar-refractivity contribution < 1.29 is 9.53 Å². The van der Waals surface area contributed by atoms with Crippen molar-refractivity contribution in [2.75, 3.05) is 33.2 Å². The lowest BCUT2D eigenvalue weighted by atomic mass is 9.47. The van der Waals surface area contributed by atoms with Crippen LogP contribution in [-0.2, 0) is 4.74 Å². The van der Waals surface area contributed by atoms with Gasteiger partial charge in [-0.25, -0.2) is 4.79 Å². The molecule has 1 amide bonds. The van der Waals surface area contributed by atoms with Gasteiger partial charge in [-0.05, 0) is 98.3 Å². The van der Waals surface area contributed by atoms with Crippen LogP contribution in [0.3, 0.4) is 0 Å². The summed E-state index contributed by atoms with van der Waals surface area (Å²) in [6, 6.07) is 0. The summed E-state index contributed by atoms with van der Waals surface area (Å²) in [7, 11) is 2.03. The normalized spacial score (nSPS) is 37.3. The number of hydrogen-bond donors (Lipinski definition) is 2. The molecule has 8 atom stereocenters. The van der Waals surface area contributed by atoms with Gasteiger partial charge in [-0.1, -0.05) is 65.5 Å². The molecule has 3 fully saturated rings. The average molecular weight is 530 g/mol. The Kier molecular flexibility index (Phi) is 9.93. The minimum Gasteiger partial charge on any atom is -0.446 e. The molecule has 4 aliphatic carbocycles.